The molecule has 1 aliphatic carbocycles. The molecule has 1 rings (SSSR count). The van der Waals surface area contributed by atoms with E-state index in [2.05, 4.69) is 31.1 Å². The molecule has 0 bridgehead atoms. The maximum absolute atomic E-state index is 10.0. The topological polar surface area (TPSA) is 35.5 Å². The summed E-state index contributed by atoms with van der Waals surface area (Å²) in [6, 6.07) is 0.831. The van der Waals surface area contributed by atoms with E-state index < -0.39 is 5.60 Å². The fraction of sp³-hybridized carbons (Fsp3) is 1.00. The van der Waals surface area contributed by atoms with Crippen LogP contribution in [0.5, 0.6) is 0 Å². The molecule has 0 aromatic heterocycles. The number of hydrogen-bond acceptors (Lipinski definition) is 3. The number of rotatable bonds is 7. The molecular weight excluding hydrogens is 188 g/mol. The van der Waals surface area contributed by atoms with E-state index in [0.717, 1.165) is 19.1 Å². The van der Waals surface area contributed by atoms with Crippen LogP contribution in [-0.2, 0) is 0 Å². The molecule has 15 heavy (non-hydrogen) atoms. The molecular formula is C12H26N2O. The Labute approximate surface area is 93.9 Å². The standard InChI is InChI=1S/C12H26N2O/c1-10(2)12(3,15)9-13-7-8-14(4)11-5-6-11/h10-11,13,15H,5-9H2,1-4H3. The second kappa shape index (κ2) is 5.28. The van der Waals surface area contributed by atoms with E-state index in [1.54, 1.807) is 0 Å². The van der Waals surface area contributed by atoms with Crippen LogP contribution in [-0.4, -0.2) is 48.3 Å². The normalized spacial score (nSPS) is 21.0. The minimum Gasteiger partial charge on any atom is -0.389 e. The molecule has 0 amide bonds. The van der Waals surface area contributed by atoms with E-state index in [1.165, 1.54) is 12.8 Å². The highest BCUT2D eigenvalue weighted by Gasteiger charge is 2.26. The second-order valence-corrected chi connectivity index (χ2v) is 5.40. The third-order valence-corrected chi connectivity index (χ3v) is 3.54. The summed E-state index contributed by atoms with van der Waals surface area (Å²) in [5.74, 6) is 0.297. The van der Waals surface area contributed by atoms with Crippen molar-refractivity contribution in [2.75, 3.05) is 26.7 Å². The Morgan fingerprint density at radius 1 is 1.47 bits per heavy atom. The van der Waals surface area contributed by atoms with Gasteiger partial charge in [-0.1, -0.05) is 13.8 Å². The summed E-state index contributed by atoms with van der Waals surface area (Å²) >= 11 is 0. The predicted octanol–water partition coefficient (Wildman–Crippen LogP) is 1.08. The van der Waals surface area contributed by atoms with Gasteiger partial charge in [0.15, 0.2) is 0 Å². The van der Waals surface area contributed by atoms with Crippen molar-refractivity contribution in [2.45, 2.75) is 45.3 Å². The maximum atomic E-state index is 10.0. The van der Waals surface area contributed by atoms with Crippen molar-refractivity contribution in [3.63, 3.8) is 0 Å². The molecule has 90 valence electrons. The number of likely N-dealkylation sites (N-methyl/N-ethyl adjacent to an activating group) is 1. The highest BCUT2D eigenvalue weighted by atomic mass is 16.3. The molecule has 3 heteroatoms. The highest BCUT2D eigenvalue weighted by Crippen LogP contribution is 2.24. The smallest absolute Gasteiger partial charge is 0.0766 e. The third kappa shape index (κ3) is 4.49. The summed E-state index contributed by atoms with van der Waals surface area (Å²) < 4.78 is 0. The van der Waals surface area contributed by atoms with Crippen molar-refractivity contribution in [1.82, 2.24) is 10.2 Å². The van der Waals surface area contributed by atoms with Gasteiger partial charge < -0.3 is 15.3 Å². The summed E-state index contributed by atoms with van der Waals surface area (Å²) in [4.78, 5) is 2.40. The molecule has 0 aliphatic heterocycles. The number of nitrogens with zero attached hydrogens (tertiary/aromatic N) is 1. The van der Waals surface area contributed by atoms with Gasteiger partial charge in [-0.05, 0) is 32.7 Å². The largest absolute Gasteiger partial charge is 0.389 e. The van der Waals surface area contributed by atoms with E-state index in [9.17, 15) is 5.11 Å². The van der Waals surface area contributed by atoms with Gasteiger partial charge in [0.05, 0.1) is 5.60 Å². The third-order valence-electron chi connectivity index (χ3n) is 3.54. The summed E-state index contributed by atoms with van der Waals surface area (Å²) in [7, 11) is 2.18. The Morgan fingerprint density at radius 2 is 2.07 bits per heavy atom. The number of hydrogen-bond donors (Lipinski definition) is 2. The molecule has 0 aromatic rings. The van der Waals surface area contributed by atoms with Crippen LogP contribution in [0.3, 0.4) is 0 Å². The van der Waals surface area contributed by atoms with Gasteiger partial charge >= 0.3 is 0 Å². The molecule has 1 atom stereocenters. The Kier molecular flexibility index (Phi) is 4.56. The Hall–Kier alpha value is -0.120. The first-order valence-corrected chi connectivity index (χ1v) is 6.07. The van der Waals surface area contributed by atoms with Crippen molar-refractivity contribution in [3.8, 4) is 0 Å². The molecule has 0 aromatic carbocycles. The maximum Gasteiger partial charge on any atom is 0.0766 e. The zero-order chi connectivity index (χ0) is 11.5. The quantitative estimate of drug-likeness (QED) is 0.623. The van der Waals surface area contributed by atoms with E-state index in [0.29, 0.717) is 12.5 Å². The van der Waals surface area contributed by atoms with Crippen LogP contribution in [0.2, 0.25) is 0 Å². The van der Waals surface area contributed by atoms with E-state index in [1.807, 2.05) is 6.92 Å². The van der Waals surface area contributed by atoms with E-state index in [-0.39, 0.29) is 0 Å². The van der Waals surface area contributed by atoms with Crippen LogP contribution >= 0.6 is 0 Å². The molecule has 0 saturated heterocycles. The van der Waals surface area contributed by atoms with Crippen LogP contribution in [0.25, 0.3) is 0 Å². The average Bonchev–Trinajstić information content (AvgIpc) is 2.94. The van der Waals surface area contributed by atoms with E-state index >= 15 is 0 Å². The van der Waals surface area contributed by atoms with Crippen molar-refractivity contribution in [3.05, 3.63) is 0 Å². The van der Waals surface area contributed by atoms with Gasteiger partial charge in [-0.15, -0.1) is 0 Å². The summed E-state index contributed by atoms with van der Waals surface area (Å²) in [5.41, 5.74) is -0.585. The first kappa shape index (κ1) is 12.9. The molecule has 3 nitrogen and oxygen atoms in total. The van der Waals surface area contributed by atoms with Gasteiger partial charge in [0, 0.05) is 25.7 Å². The monoisotopic (exact) mass is 214 g/mol. The van der Waals surface area contributed by atoms with Crippen LogP contribution in [0.4, 0.5) is 0 Å². The van der Waals surface area contributed by atoms with Gasteiger partial charge in [-0.25, -0.2) is 0 Å². The minimum atomic E-state index is -0.585. The molecule has 0 heterocycles. The summed E-state index contributed by atoms with van der Waals surface area (Å²) in [5, 5.41) is 13.3. The number of aliphatic hydroxyl groups is 1. The van der Waals surface area contributed by atoms with Crippen LogP contribution < -0.4 is 5.32 Å². The van der Waals surface area contributed by atoms with Gasteiger partial charge in [0.25, 0.3) is 0 Å². The lowest BCUT2D eigenvalue weighted by Gasteiger charge is -2.28. The lowest BCUT2D eigenvalue weighted by molar-refractivity contribution is 0.0140. The van der Waals surface area contributed by atoms with Gasteiger partial charge in [-0.3, -0.25) is 0 Å². The lowest BCUT2D eigenvalue weighted by Crippen LogP contribution is -2.44. The SMILES string of the molecule is CC(C)C(C)(O)CNCCN(C)C1CC1. The second-order valence-electron chi connectivity index (χ2n) is 5.40. The van der Waals surface area contributed by atoms with Gasteiger partial charge in [-0.2, -0.15) is 0 Å². The molecule has 1 unspecified atom stereocenters. The predicted molar refractivity (Wildman–Crippen MR) is 64.0 cm³/mol. The van der Waals surface area contributed by atoms with Crippen molar-refractivity contribution >= 4 is 0 Å². The van der Waals surface area contributed by atoms with Crippen molar-refractivity contribution in [2.24, 2.45) is 5.92 Å². The fourth-order valence-electron chi connectivity index (χ4n) is 1.50. The fourth-order valence-corrected chi connectivity index (χ4v) is 1.50. The van der Waals surface area contributed by atoms with Gasteiger partial charge in [0.2, 0.25) is 0 Å². The Morgan fingerprint density at radius 3 is 2.53 bits per heavy atom. The molecule has 1 aliphatic rings. The zero-order valence-electron chi connectivity index (χ0n) is 10.6. The zero-order valence-corrected chi connectivity index (χ0v) is 10.6. The van der Waals surface area contributed by atoms with Crippen molar-refractivity contribution < 1.29 is 5.11 Å². The molecule has 0 spiro atoms. The average molecular weight is 214 g/mol. The Bertz CT molecular complexity index is 188. The van der Waals surface area contributed by atoms with Gasteiger partial charge in [0.1, 0.15) is 0 Å². The molecule has 1 fully saturated rings. The van der Waals surface area contributed by atoms with Crippen LogP contribution in [0, 0.1) is 5.92 Å². The minimum absolute atomic E-state index is 0.297. The summed E-state index contributed by atoms with van der Waals surface area (Å²) in [6.07, 6.45) is 2.72. The van der Waals surface area contributed by atoms with E-state index in [4.69, 9.17) is 0 Å². The first-order valence-electron chi connectivity index (χ1n) is 6.07. The summed E-state index contributed by atoms with van der Waals surface area (Å²) in [6.45, 7) is 8.74. The highest BCUT2D eigenvalue weighted by molar-refractivity contribution is 4.83. The number of nitrogens with one attached hydrogen (secondary N) is 1. The molecule has 2 N–H and O–H groups in total. The van der Waals surface area contributed by atoms with Crippen LogP contribution in [0.1, 0.15) is 33.6 Å². The lowest BCUT2D eigenvalue weighted by atomic mass is 9.93. The molecule has 0 radical (unpaired) electrons. The molecule has 1 saturated carbocycles. The first-order chi connectivity index (χ1) is 6.93. The van der Waals surface area contributed by atoms with Crippen LogP contribution in [0.15, 0.2) is 0 Å². The van der Waals surface area contributed by atoms with Crippen molar-refractivity contribution in [1.29, 1.82) is 0 Å². The Balaban J connectivity index is 2.05.